The van der Waals surface area contributed by atoms with Crippen LogP contribution in [0.2, 0.25) is 0 Å². The van der Waals surface area contributed by atoms with E-state index >= 15 is 0 Å². The molecule has 1 aliphatic rings. The van der Waals surface area contributed by atoms with Gasteiger partial charge in [0.1, 0.15) is 11.6 Å². The molecule has 1 N–H and O–H groups in total. The maximum Gasteiger partial charge on any atom is 0.322 e. The van der Waals surface area contributed by atoms with Crippen LogP contribution in [-0.2, 0) is 6.54 Å². The van der Waals surface area contributed by atoms with E-state index in [-0.39, 0.29) is 17.8 Å². The Morgan fingerprint density at radius 2 is 2.07 bits per heavy atom. The maximum absolute atomic E-state index is 13.9. The number of nitrogens with zero attached hydrogens (tertiary/aromatic N) is 3. The molecule has 1 saturated heterocycles. The van der Waals surface area contributed by atoms with Crippen LogP contribution in [0.3, 0.4) is 0 Å². The fourth-order valence-electron chi connectivity index (χ4n) is 3.70. The summed E-state index contributed by atoms with van der Waals surface area (Å²) < 4.78 is 27.1. The first-order valence-corrected chi connectivity index (χ1v) is 10.2. The van der Waals surface area contributed by atoms with Gasteiger partial charge in [0, 0.05) is 50.7 Å². The van der Waals surface area contributed by atoms with Gasteiger partial charge in [-0.2, -0.15) is 0 Å². The Hall–Kier alpha value is -2.54. The van der Waals surface area contributed by atoms with E-state index in [4.69, 9.17) is 0 Å². The van der Waals surface area contributed by atoms with Crippen molar-refractivity contribution in [3.63, 3.8) is 0 Å². The Balaban J connectivity index is 1.60. The van der Waals surface area contributed by atoms with Crippen molar-refractivity contribution in [1.29, 1.82) is 0 Å². The summed E-state index contributed by atoms with van der Waals surface area (Å²) in [6, 6.07) is 6.97. The van der Waals surface area contributed by atoms with E-state index in [1.165, 1.54) is 11.6 Å². The number of nitrogens with one attached hydrogen (secondary N) is 1. The van der Waals surface area contributed by atoms with Gasteiger partial charge in [-0.15, -0.1) is 0 Å². The SMILES string of the molecule is CCCCN(C(=O)Nc1ccc(F)cc1F)C1CCN(Cc2cccnc2)CC1. The van der Waals surface area contributed by atoms with Crippen molar-refractivity contribution >= 4 is 11.7 Å². The van der Waals surface area contributed by atoms with Crippen LogP contribution in [0.25, 0.3) is 0 Å². The topological polar surface area (TPSA) is 48.5 Å². The number of pyridine rings is 1. The molecule has 2 heterocycles. The number of likely N-dealkylation sites (tertiary alicyclic amines) is 1. The number of benzene rings is 1. The normalized spacial score (nSPS) is 15.3. The molecule has 0 saturated carbocycles. The summed E-state index contributed by atoms with van der Waals surface area (Å²) in [5, 5.41) is 2.62. The molecule has 29 heavy (non-hydrogen) atoms. The third kappa shape index (κ3) is 5.97. The molecule has 0 unspecified atom stereocenters. The number of carbonyl (C=O) groups excluding carboxylic acids is 1. The number of hydrogen-bond donors (Lipinski definition) is 1. The number of amides is 2. The first kappa shape index (κ1) is 21.2. The predicted molar refractivity (Wildman–Crippen MR) is 110 cm³/mol. The molecule has 2 amide bonds. The number of piperidine rings is 1. The Bertz CT molecular complexity index is 795. The zero-order chi connectivity index (χ0) is 20.6. The van der Waals surface area contributed by atoms with Crippen LogP contribution in [0.4, 0.5) is 19.3 Å². The lowest BCUT2D eigenvalue weighted by molar-refractivity contribution is 0.122. The largest absolute Gasteiger partial charge is 0.322 e. The van der Waals surface area contributed by atoms with Crippen molar-refractivity contribution < 1.29 is 13.6 Å². The molecular formula is C22H28F2N4O. The van der Waals surface area contributed by atoms with Crippen molar-refractivity contribution in [3.8, 4) is 0 Å². The highest BCUT2D eigenvalue weighted by molar-refractivity contribution is 5.89. The molecule has 1 fully saturated rings. The molecule has 7 heteroatoms. The minimum atomic E-state index is -0.764. The van der Waals surface area contributed by atoms with Crippen LogP contribution in [-0.4, -0.2) is 46.5 Å². The average molecular weight is 402 g/mol. The summed E-state index contributed by atoms with van der Waals surface area (Å²) in [6.07, 6.45) is 7.23. The molecule has 0 radical (unpaired) electrons. The zero-order valence-electron chi connectivity index (χ0n) is 16.8. The van der Waals surface area contributed by atoms with Gasteiger partial charge in [0.25, 0.3) is 0 Å². The highest BCUT2D eigenvalue weighted by Gasteiger charge is 2.28. The number of urea groups is 1. The highest BCUT2D eigenvalue weighted by atomic mass is 19.1. The summed E-state index contributed by atoms with van der Waals surface area (Å²) >= 11 is 0. The van der Waals surface area contributed by atoms with Crippen molar-refractivity contribution in [2.75, 3.05) is 25.0 Å². The van der Waals surface area contributed by atoms with Gasteiger partial charge in [0.05, 0.1) is 5.69 Å². The molecule has 156 valence electrons. The fraction of sp³-hybridized carbons (Fsp3) is 0.455. The van der Waals surface area contributed by atoms with E-state index in [2.05, 4.69) is 28.2 Å². The number of unbranched alkanes of at least 4 members (excludes halogenated alkanes) is 1. The Morgan fingerprint density at radius 1 is 1.28 bits per heavy atom. The molecule has 0 aliphatic carbocycles. The van der Waals surface area contributed by atoms with Crippen LogP contribution in [0.15, 0.2) is 42.7 Å². The summed E-state index contributed by atoms with van der Waals surface area (Å²) in [5.41, 5.74) is 1.19. The second-order valence-corrected chi connectivity index (χ2v) is 7.47. The van der Waals surface area contributed by atoms with E-state index < -0.39 is 11.6 Å². The van der Waals surface area contributed by atoms with Gasteiger partial charge in [-0.05, 0) is 43.0 Å². The van der Waals surface area contributed by atoms with Crippen molar-refractivity contribution in [3.05, 3.63) is 59.9 Å². The van der Waals surface area contributed by atoms with Crippen molar-refractivity contribution in [2.24, 2.45) is 0 Å². The minimum Gasteiger partial charge on any atom is -0.321 e. The summed E-state index contributed by atoms with van der Waals surface area (Å²) in [4.78, 5) is 21.2. The van der Waals surface area contributed by atoms with E-state index in [0.29, 0.717) is 6.54 Å². The van der Waals surface area contributed by atoms with Crippen LogP contribution in [0, 0.1) is 11.6 Å². The van der Waals surface area contributed by atoms with Crippen LogP contribution < -0.4 is 5.32 Å². The summed E-state index contributed by atoms with van der Waals surface area (Å²) in [6.45, 7) is 5.33. The molecule has 1 aromatic heterocycles. The van der Waals surface area contributed by atoms with E-state index in [1.807, 2.05) is 17.2 Å². The smallest absolute Gasteiger partial charge is 0.321 e. The fourth-order valence-corrected chi connectivity index (χ4v) is 3.70. The molecular weight excluding hydrogens is 374 g/mol. The molecule has 3 rings (SSSR count). The van der Waals surface area contributed by atoms with Gasteiger partial charge >= 0.3 is 6.03 Å². The van der Waals surface area contributed by atoms with Crippen LogP contribution in [0.1, 0.15) is 38.2 Å². The lowest BCUT2D eigenvalue weighted by Crippen LogP contribution is -2.49. The molecule has 1 aromatic carbocycles. The second kappa shape index (κ2) is 10.3. The van der Waals surface area contributed by atoms with Crippen molar-refractivity contribution in [1.82, 2.24) is 14.8 Å². The number of aromatic nitrogens is 1. The molecule has 1 aliphatic heterocycles. The molecule has 2 aromatic rings. The number of halogens is 2. The van der Waals surface area contributed by atoms with Gasteiger partial charge in [-0.25, -0.2) is 13.6 Å². The second-order valence-electron chi connectivity index (χ2n) is 7.47. The maximum atomic E-state index is 13.9. The third-order valence-corrected chi connectivity index (χ3v) is 5.31. The third-order valence-electron chi connectivity index (χ3n) is 5.31. The molecule has 5 nitrogen and oxygen atoms in total. The van der Waals surface area contributed by atoms with Crippen LogP contribution in [0.5, 0.6) is 0 Å². The zero-order valence-corrected chi connectivity index (χ0v) is 16.8. The van der Waals surface area contributed by atoms with E-state index in [0.717, 1.165) is 57.5 Å². The average Bonchev–Trinajstić information content (AvgIpc) is 2.72. The van der Waals surface area contributed by atoms with Gasteiger partial charge in [0.2, 0.25) is 0 Å². The predicted octanol–water partition coefficient (Wildman–Crippen LogP) is 4.66. The Morgan fingerprint density at radius 3 is 2.72 bits per heavy atom. The van der Waals surface area contributed by atoms with E-state index in [1.54, 1.807) is 6.20 Å². The molecule has 0 spiro atoms. The number of anilines is 1. The lowest BCUT2D eigenvalue weighted by atomic mass is 10.0. The molecule has 0 bridgehead atoms. The van der Waals surface area contributed by atoms with Gasteiger partial charge in [0.15, 0.2) is 0 Å². The van der Waals surface area contributed by atoms with E-state index in [9.17, 15) is 13.6 Å². The first-order valence-electron chi connectivity index (χ1n) is 10.2. The highest BCUT2D eigenvalue weighted by Crippen LogP contribution is 2.21. The summed E-state index contributed by atoms with van der Waals surface area (Å²) in [5.74, 6) is -1.43. The monoisotopic (exact) mass is 402 g/mol. The number of rotatable bonds is 7. The van der Waals surface area contributed by atoms with Gasteiger partial charge in [-0.3, -0.25) is 9.88 Å². The number of carbonyl (C=O) groups is 1. The molecule has 0 atom stereocenters. The van der Waals surface area contributed by atoms with Gasteiger partial charge < -0.3 is 10.2 Å². The minimum absolute atomic E-state index is 0.00640. The quantitative estimate of drug-likeness (QED) is 0.733. The Kier molecular flexibility index (Phi) is 7.52. The van der Waals surface area contributed by atoms with Crippen LogP contribution >= 0.6 is 0 Å². The summed E-state index contributed by atoms with van der Waals surface area (Å²) in [7, 11) is 0. The standard InChI is InChI=1S/C22H28F2N4O/c1-2-3-11-28(22(29)26-21-7-6-18(23)14-20(21)24)19-8-12-27(13-9-19)16-17-5-4-10-25-15-17/h4-7,10,14-15,19H,2-3,8-9,11-13,16H2,1H3,(H,26,29). The lowest BCUT2D eigenvalue weighted by Gasteiger charge is -2.38. The number of hydrogen-bond acceptors (Lipinski definition) is 3. The first-order chi connectivity index (χ1) is 14.1. The van der Waals surface area contributed by atoms with Crippen molar-refractivity contribution in [2.45, 2.75) is 45.2 Å². The Labute approximate surface area is 170 Å². The van der Waals surface area contributed by atoms with Gasteiger partial charge in [-0.1, -0.05) is 19.4 Å².